The minimum absolute atomic E-state index is 0.0156. The van der Waals surface area contributed by atoms with Gasteiger partial charge in [-0.15, -0.1) is 8.67 Å². The van der Waals surface area contributed by atoms with E-state index in [-0.39, 0.29) is 58.7 Å². The fraction of sp³-hybridized carbons (Fsp3) is 0.867. The van der Waals surface area contributed by atoms with Gasteiger partial charge in [0, 0.05) is 16.3 Å². The molecule has 2 bridgehead atoms. The summed E-state index contributed by atoms with van der Waals surface area (Å²) < 4.78 is 46.7. The number of carbonyl (C=O) groups excluding carboxylic acids is 1. The highest BCUT2D eigenvalue weighted by molar-refractivity contribution is 14.1. The van der Waals surface area contributed by atoms with Crippen molar-refractivity contribution in [2.24, 2.45) is 40.4 Å². The minimum Gasteiger partial charge on any atom is -0.481 e. The molecule has 0 amide bonds. The molecule has 15 nitrogen and oxygen atoms in total. The number of alkyl halides is 1. The van der Waals surface area contributed by atoms with Crippen LogP contribution in [-0.2, 0) is 57.8 Å². The third kappa shape index (κ3) is 7.38. The molecule has 0 aromatic heterocycles. The normalized spacial score (nSPS) is 43.0. The predicted octanol–water partition coefficient (Wildman–Crippen LogP) is 4.56. The number of carboxylic acids is 1. The number of hydrogen-bond acceptors (Lipinski definition) is 15. The SMILES string of the molecule is C=C1C2CCC3C4(C)CC(O[C@@H]5O[C@H](C[125I])[C@@H](S(=O)OOO)[C@@H](OSOOO)C5OC(=O)CC(C)C)CC(C(=O)O)C4CCC3(C2)[C@H]1O. The van der Waals surface area contributed by atoms with E-state index in [1.807, 2.05) is 36.4 Å². The average molecular weight is 835 g/mol. The molecule has 1 heterocycles. The quantitative estimate of drug-likeness (QED) is 0.0218. The predicted molar refractivity (Wildman–Crippen MR) is 175 cm³/mol. The van der Waals surface area contributed by atoms with Crippen LogP contribution < -0.4 is 0 Å². The topological polar surface area (TPSA) is 206 Å². The van der Waals surface area contributed by atoms with Gasteiger partial charge in [0.05, 0.1) is 24.2 Å². The van der Waals surface area contributed by atoms with Crippen molar-refractivity contribution >= 4 is 57.9 Å². The highest BCUT2D eigenvalue weighted by Gasteiger charge is 2.67. The Morgan fingerprint density at radius 2 is 1.92 bits per heavy atom. The van der Waals surface area contributed by atoms with Crippen LogP contribution in [-0.4, -0.2) is 83.4 Å². The number of esters is 1. The lowest BCUT2D eigenvalue weighted by Crippen LogP contribution is -2.63. The summed E-state index contributed by atoms with van der Waals surface area (Å²) in [6.07, 6.45) is -1.68. The second-order valence-electron chi connectivity index (χ2n) is 14.4. The fourth-order valence-electron chi connectivity index (χ4n) is 9.79. The molecule has 5 rings (SSSR count). The Labute approximate surface area is 299 Å². The molecule has 0 radical (unpaired) electrons. The number of carbonyl (C=O) groups is 2. The Morgan fingerprint density at radius 3 is 2.56 bits per heavy atom. The molecule has 5 fully saturated rings. The Bertz CT molecular complexity index is 1210. The second-order valence-corrected chi connectivity index (χ2v) is 17.0. The van der Waals surface area contributed by atoms with Crippen molar-refractivity contribution in [2.75, 3.05) is 4.43 Å². The zero-order valence-electron chi connectivity index (χ0n) is 27.0. The Hall–Kier alpha value is -0.490. The number of aliphatic hydroxyl groups is 1. The Kier molecular flexibility index (Phi) is 12.9. The zero-order chi connectivity index (χ0) is 35.0. The van der Waals surface area contributed by atoms with E-state index < -0.39 is 76.4 Å². The first kappa shape index (κ1) is 38.7. The van der Waals surface area contributed by atoms with Crippen LogP contribution >= 0.6 is 34.9 Å². The van der Waals surface area contributed by atoms with Crippen LogP contribution in [0.2, 0.25) is 0 Å². The molecule has 9 unspecified atom stereocenters. The summed E-state index contributed by atoms with van der Waals surface area (Å²) in [6.45, 7) is 10.0. The van der Waals surface area contributed by atoms with E-state index in [1.165, 1.54) is 0 Å². The van der Waals surface area contributed by atoms with E-state index in [4.69, 9.17) is 28.9 Å². The van der Waals surface area contributed by atoms with Gasteiger partial charge in [-0.3, -0.25) is 13.8 Å². The number of hydrogen-bond donors (Lipinski definition) is 4. The maximum absolute atomic E-state index is 13.1. The number of carboxylic acid groups (broad SMARTS) is 1. The first-order valence-electron chi connectivity index (χ1n) is 16.2. The molecule has 14 atom stereocenters. The van der Waals surface area contributed by atoms with E-state index in [1.54, 1.807) is 0 Å². The van der Waals surface area contributed by atoms with Gasteiger partial charge in [-0.25, -0.2) is 14.7 Å². The number of rotatable bonds is 14. The third-order valence-corrected chi connectivity index (χ3v) is 14.0. The summed E-state index contributed by atoms with van der Waals surface area (Å²) in [5.41, 5.74) is 0.0120. The van der Waals surface area contributed by atoms with E-state index in [0.717, 1.165) is 31.3 Å². The van der Waals surface area contributed by atoms with Crippen LogP contribution in [0.1, 0.15) is 72.1 Å². The van der Waals surface area contributed by atoms with Crippen molar-refractivity contribution in [2.45, 2.75) is 114 Å². The molecule has 5 aliphatic rings. The lowest BCUT2D eigenvalue weighted by molar-refractivity contribution is -0.436. The zero-order valence-corrected chi connectivity index (χ0v) is 30.8. The monoisotopic (exact) mass is 834 g/mol. The van der Waals surface area contributed by atoms with Gasteiger partial charge in [0.1, 0.15) is 11.4 Å². The third-order valence-electron chi connectivity index (χ3n) is 11.5. The Balaban J connectivity index is 1.48. The van der Waals surface area contributed by atoms with Gasteiger partial charge in [-0.1, -0.05) is 60.0 Å². The minimum atomic E-state index is -2.43. The number of aliphatic carboxylic acids is 1. The van der Waals surface area contributed by atoms with Crippen molar-refractivity contribution in [3.63, 3.8) is 0 Å². The molecule has 4 saturated carbocycles. The molecular weight excluding hydrogens is 789 g/mol. The molecule has 1 saturated heterocycles. The molecule has 1 aliphatic heterocycles. The molecule has 4 N–H and O–H groups in total. The number of aliphatic hydroxyl groups excluding tert-OH is 1. The summed E-state index contributed by atoms with van der Waals surface area (Å²) in [6, 6.07) is 0. The van der Waals surface area contributed by atoms with E-state index in [2.05, 4.69) is 32.2 Å². The average Bonchev–Trinajstić information content (AvgIpc) is 3.20. The van der Waals surface area contributed by atoms with Crippen molar-refractivity contribution < 1.29 is 71.7 Å². The van der Waals surface area contributed by atoms with E-state index >= 15 is 0 Å². The van der Waals surface area contributed by atoms with Gasteiger partial charge in [0.15, 0.2) is 35.8 Å². The van der Waals surface area contributed by atoms with Crippen molar-refractivity contribution in [1.82, 2.24) is 0 Å². The second kappa shape index (κ2) is 16.0. The highest BCUT2D eigenvalue weighted by Crippen LogP contribution is 2.70. The summed E-state index contributed by atoms with van der Waals surface area (Å²) in [4.78, 5) is 25.9. The van der Waals surface area contributed by atoms with Crippen molar-refractivity contribution in [1.29, 1.82) is 0 Å². The molecule has 18 heteroatoms. The maximum atomic E-state index is 13.1. The van der Waals surface area contributed by atoms with Gasteiger partial charge in [0.25, 0.3) is 0 Å². The van der Waals surface area contributed by atoms with E-state index in [0.29, 0.717) is 12.8 Å². The first-order chi connectivity index (χ1) is 22.8. The number of halogens is 1. The summed E-state index contributed by atoms with van der Waals surface area (Å²) >= 11 is -0.277. The van der Waals surface area contributed by atoms with E-state index in [9.17, 15) is 24.0 Å². The first-order valence-corrected chi connectivity index (χ1v) is 19.5. The van der Waals surface area contributed by atoms with Crippen LogP contribution in [0.25, 0.3) is 0 Å². The molecule has 0 aromatic carbocycles. The fourth-order valence-corrected chi connectivity index (χ4v) is 12.3. The van der Waals surface area contributed by atoms with Crippen molar-refractivity contribution in [3.05, 3.63) is 12.2 Å². The van der Waals surface area contributed by atoms with Gasteiger partial charge in [-0.05, 0) is 79.6 Å². The molecule has 4 aliphatic carbocycles. The van der Waals surface area contributed by atoms with Crippen LogP contribution in [0.15, 0.2) is 12.2 Å². The standard InChI is InChI=1S/C30H45IO15S2/c1-14(2)9-22(32)41-24-23(42-47-45-43-36)25(48(38)46-44-37)20(13-31)40-28(24)39-17-10-18(27(34)35)19-7-8-30-11-16(15(3)26(30)33)5-6-21(30)29(19,4)12-17/h14,16-21,23-26,28,33,36-37H,3,5-13H2,1-2,4H3,(H,34,35)/t16?,17?,18?,19?,20-,21?,23+,24?,25-,26+,28-,29?,30?,48?/m1/s1/i31-2. The van der Waals surface area contributed by atoms with Gasteiger partial charge < -0.3 is 24.4 Å². The molecular formula is C30H45IO15S2. The van der Waals surface area contributed by atoms with Crippen LogP contribution in [0.4, 0.5) is 0 Å². The van der Waals surface area contributed by atoms with Gasteiger partial charge >= 0.3 is 11.9 Å². The largest absolute Gasteiger partial charge is 0.481 e. The van der Waals surface area contributed by atoms with Gasteiger partial charge in [0.2, 0.25) is 0 Å². The lowest BCUT2D eigenvalue weighted by Gasteiger charge is -2.62. The molecule has 274 valence electrons. The molecule has 1 spiro atoms. The van der Waals surface area contributed by atoms with Crippen molar-refractivity contribution in [3.8, 4) is 0 Å². The van der Waals surface area contributed by atoms with Crippen LogP contribution in [0, 0.1) is 40.4 Å². The summed E-state index contributed by atoms with van der Waals surface area (Å²) in [5.74, 6) is -2.21. The maximum Gasteiger partial charge on any atom is 0.306 e. The summed E-state index contributed by atoms with van der Waals surface area (Å²) in [7, 11) is 0. The lowest BCUT2D eigenvalue weighted by atomic mass is 9.43. The van der Waals surface area contributed by atoms with Crippen LogP contribution in [0.3, 0.4) is 0 Å². The number of fused-ring (bicyclic) bond motifs is 3. The Morgan fingerprint density at radius 1 is 1.17 bits per heavy atom. The highest BCUT2D eigenvalue weighted by atomic mass is 125. The smallest absolute Gasteiger partial charge is 0.306 e. The van der Waals surface area contributed by atoms with Gasteiger partial charge in [-0.2, -0.15) is 0 Å². The molecule has 0 aromatic rings. The summed E-state index contributed by atoms with van der Waals surface area (Å²) in [5, 5.41) is 45.7. The number of ether oxygens (including phenoxy) is 3. The van der Waals surface area contributed by atoms with Crippen LogP contribution in [0.5, 0.6) is 0 Å². The molecule has 48 heavy (non-hydrogen) atoms.